The second kappa shape index (κ2) is 29.2. The average molecular weight is 1370 g/mol. The highest BCUT2D eigenvalue weighted by molar-refractivity contribution is 6.30. The van der Waals surface area contributed by atoms with Gasteiger partial charge in [-0.05, 0) is 92.1 Å². The van der Waals surface area contributed by atoms with Crippen molar-refractivity contribution in [3.8, 4) is 0 Å². The van der Waals surface area contributed by atoms with E-state index >= 15 is 0 Å². The van der Waals surface area contributed by atoms with Crippen LogP contribution in [-0.4, -0.2) is 206 Å². The van der Waals surface area contributed by atoms with Gasteiger partial charge < -0.3 is 28.9 Å². The molecule has 100 heavy (non-hydrogen) atoms. The Kier molecular flexibility index (Phi) is 21.3. The molecule has 3 saturated heterocycles. The molecule has 25 nitrogen and oxygen atoms in total. The highest BCUT2D eigenvalue weighted by atomic mass is 16.5. The summed E-state index contributed by atoms with van der Waals surface area (Å²) in [4.78, 5) is 183. The molecule has 25 heteroatoms. The Labute approximate surface area is 581 Å². The van der Waals surface area contributed by atoms with Crippen LogP contribution in [0.3, 0.4) is 0 Å². The molecular formula is C75H84N10O15. The Hall–Kier alpha value is -11.1. The van der Waals surface area contributed by atoms with Crippen LogP contribution in [0.5, 0.6) is 0 Å². The number of urea groups is 3. The topological polar surface area (TPSA) is 265 Å². The van der Waals surface area contributed by atoms with Crippen LogP contribution in [0, 0.1) is 0 Å². The third kappa shape index (κ3) is 14.0. The van der Waals surface area contributed by atoms with Crippen molar-refractivity contribution in [3.05, 3.63) is 196 Å². The highest BCUT2D eigenvalue weighted by Crippen LogP contribution is 2.49. The van der Waals surface area contributed by atoms with Gasteiger partial charge in [0.1, 0.15) is 36.5 Å². The van der Waals surface area contributed by atoms with Gasteiger partial charge in [0.2, 0.25) is 0 Å². The summed E-state index contributed by atoms with van der Waals surface area (Å²) >= 11 is 0. The maximum atomic E-state index is 15.0. The van der Waals surface area contributed by atoms with Crippen LogP contribution in [0.1, 0.15) is 79.0 Å². The number of anilines is 3. The van der Waals surface area contributed by atoms with Crippen molar-refractivity contribution < 1.29 is 71.7 Å². The standard InChI is InChI=1S/C75H84N10O15/c1-46(2)67(92)98-43-40-83-64(89)49(28-31-58-73(7,8)52-22-16-19-25-55(52)76(58)13)61(86)80(70(83)95)37-34-79(35-38-81-62(87)50(65(90)84(71(81)96)41-44-99-68(93)47(3)4)29-32-59-74(9,10)53-23-17-20-26-56(53)77(59)14)36-39-82-63(88)51(66(91)85(72(82)97)42-45-100-69(94)48(5)6)30-33-60-75(11,12)54-24-18-21-27-57(54)78(60)15/h16-33H,1,3,5,34-45H2,2,4,6-15H3/b49-28-,50-29-,51-30-,58-31+,59-32+,60-33+. The van der Waals surface area contributed by atoms with Gasteiger partial charge in [0, 0.05) is 128 Å². The number of nitrogens with zero attached hydrogens (tertiary/aromatic N) is 10. The van der Waals surface area contributed by atoms with E-state index in [4.69, 9.17) is 14.2 Å². The quantitative estimate of drug-likeness (QED) is 0.0359. The van der Waals surface area contributed by atoms with Gasteiger partial charge in [-0.2, -0.15) is 0 Å². The zero-order chi connectivity index (χ0) is 73.2. The minimum Gasteiger partial charge on any atom is -0.460 e. The van der Waals surface area contributed by atoms with Crippen LogP contribution in [0.2, 0.25) is 0 Å². The van der Waals surface area contributed by atoms with Gasteiger partial charge in [-0.15, -0.1) is 0 Å². The monoisotopic (exact) mass is 1360 g/mol. The fourth-order valence-corrected chi connectivity index (χ4v) is 13.2. The third-order valence-corrected chi connectivity index (χ3v) is 18.9. The number of para-hydroxylation sites is 3. The van der Waals surface area contributed by atoms with E-state index < -0.39 is 163 Å². The summed E-state index contributed by atoms with van der Waals surface area (Å²) in [6.45, 7) is 21.3. The van der Waals surface area contributed by atoms with Crippen molar-refractivity contribution >= 4 is 88.5 Å². The molecule has 0 bridgehead atoms. The molecule has 6 heterocycles. The number of carbonyl (C=O) groups is 12. The predicted molar refractivity (Wildman–Crippen MR) is 372 cm³/mol. The number of esters is 3. The number of rotatable bonds is 24. The van der Waals surface area contributed by atoms with Crippen LogP contribution in [0.4, 0.5) is 31.4 Å². The SMILES string of the molecule is C=C(C)C(=O)OCCN1C(=O)/C(=C\C=C2\N(C)c3ccccc3C2(C)C)C(=O)N(CCN(CCN2C(=O)/C(=C/C=C3/N(C)c4ccccc4C3(C)C)C(=O)N(CCOC(=O)C(=C)C)C2=O)CCN2C(=O)/C(=C/C=C3/N(C)c4ccccc4C3(C)C)C(=O)N(CCOC(=O)C(=C)C)C2=O)C1=O. The largest absolute Gasteiger partial charge is 0.460 e. The molecule has 0 atom stereocenters. The summed E-state index contributed by atoms with van der Waals surface area (Å²) in [6, 6.07) is 19.8. The molecule has 6 aliphatic rings. The molecule has 0 radical (unpaired) electrons. The molecule has 0 spiro atoms. The summed E-state index contributed by atoms with van der Waals surface area (Å²) in [5.74, 6) is -8.43. The minimum absolute atomic E-state index is 0.0474. The Balaban J connectivity index is 1.10. The van der Waals surface area contributed by atoms with Gasteiger partial charge >= 0.3 is 36.0 Å². The van der Waals surface area contributed by atoms with Crippen LogP contribution in [0.15, 0.2) is 180 Å². The third-order valence-electron chi connectivity index (χ3n) is 18.9. The average Bonchev–Trinajstić information content (AvgIpc) is 1.47. The predicted octanol–water partition coefficient (Wildman–Crippen LogP) is 7.73. The van der Waals surface area contributed by atoms with Crippen LogP contribution >= 0.6 is 0 Å². The van der Waals surface area contributed by atoms with Gasteiger partial charge in [0.15, 0.2) is 0 Å². The fourth-order valence-electron chi connectivity index (χ4n) is 13.2. The van der Waals surface area contributed by atoms with E-state index in [-0.39, 0.29) is 36.4 Å². The Morgan fingerprint density at radius 1 is 0.370 bits per heavy atom. The van der Waals surface area contributed by atoms with E-state index in [1.807, 2.05) is 150 Å². The smallest absolute Gasteiger partial charge is 0.334 e. The minimum atomic E-state index is -1.10. The van der Waals surface area contributed by atoms with Crippen LogP contribution in [-0.2, 0) is 73.6 Å². The van der Waals surface area contributed by atoms with Crippen molar-refractivity contribution in [1.82, 2.24) is 34.3 Å². The molecule has 0 aromatic heterocycles. The number of fused-ring (bicyclic) bond motifs is 3. The first-order valence-corrected chi connectivity index (χ1v) is 32.7. The number of hydrogen-bond acceptors (Lipinski definition) is 19. The number of likely N-dealkylation sites (N-methyl/N-ethyl adjacent to an activating group) is 3. The molecule has 6 aliphatic heterocycles. The van der Waals surface area contributed by atoms with Crippen molar-refractivity contribution in [2.24, 2.45) is 0 Å². The summed E-state index contributed by atoms with van der Waals surface area (Å²) in [6.07, 6.45) is 8.84. The Morgan fingerprint density at radius 3 is 0.810 bits per heavy atom. The number of hydrogen-bond donors (Lipinski definition) is 0. The molecule has 12 amide bonds. The molecule has 0 N–H and O–H groups in total. The first-order chi connectivity index (χ1) is 47.2. The number of barbiturate groups is 3. The number of amides is 12. The van der Waals surface area contributed by atoms with Crippen molar-refractivity contribution in [1.29, 1.82) is 0 Å². The number of imide groups is 6. The van der Waals surface area contributed by atoms with Gasteiger partial charge in [-0.25, -0.2) is 28.8 Å². The molecule has 3 aromatic rings. The van der Waals surface area contributed by atoms with E-state index in [2.05, 4.69) is 19.7 Å². The number of ether oxygens (including phenoxy) is 3. The summed E-state index contributed by atoms with van der Waals surface area (Å²) in [7, 11) is 5.52. The first-order valence-electron chi connectivity index (χ1n) is 32.7. The second-order valence-corrected chi connectivity index (χ2v) is 26.7. The van der Waals surface area contributed by atoms with E-state index in [1.54, 1.807) is 18.2 Å². The van der Waals surface area contributed by atoms with E-state index in [0.29, 0.717) is 17.1 Å². The maximum Gasteiger partial charge on any atom is 0.334 e. The van der Waals surface area contributed by atoms with Gasteiger partial charge in [-0.3, -0.25) is 63.1 Å². The molecular weight excluding hydrogens is 1280 g/mol. The fraction of sp³-hybridized carbons (Fsp3) is 0.360. The molecule has 0 aliphatic carbocycles. The lowest BCUT2D eigenvalue weighted by Gasteiger charge is -2.37. The van der Waals surface area contributed by atoms with Gasteiger partial charge in [0.05, 0.1) is 19.6 Å². The summed E-state index contributed by atoms with van der Waals surface area (Å²) in [5, 5.41) is 0. The highest BCUT2D eigenvalue weighted by Gasteiger charge is 2.48. The van der Waals surface area contributed by atoms with E-state index in [9.17, 15) is 57.5 Å². The van der Waals surface area contributed by atoms with Gasteiger partial charge in [-0.1, -0.05) is 116 Å². The van der Waals surface area contributed by atoms with E-state index in [1.165, 1.54) is 43.9 Å². The van der Waals surface area contributed by atoms with Crippen molar-refractivity contribution in [2.75, 3.05) is 115 Å². The molecule has 3 fully saturated rings. The number of benzene rings is 3. The molecule has 9 rings (SSSR count). The lowest BCUT2D eigenvalue weighted by Crippen LogP contribution is -2.60. The first kappa shape index (κ1) is 73.2. The number of carbonyl (C=O) groups excluding carboxylic acids is 12. The molecule has 524 valence electrons. The van der Waals surface area contributed by atoms with E-state index in [0.717, 1.165) is 63.2 Å². The normalized spacial score (nSPS) is 20.4. The lowest BCUT2D eigenvalue weighted by atomic mass is 9.83. The second-order valence-electron chi connectivity index (χ2n) is 26.7. The summed E-state index contributed by atoms with van der Waals surface area (Å²) < 4.78 is 16.0. The van der Waals surface area contributed by atoms with Gasteiger partial charge in [0.25, 0.3) is 35.4 Å². The zero-order valence-corrected chi connectivity index (χ0v) is 58.6. The van der Waals surface area contributed by atoms with Crippen LogP contribution in [0.25, 0.3) is 0 Å². The molecule has 0 unspecified atom stereocenters. The van der Waals surface area contributed by atoms with Crippen LogP contribution < -0.4 is 14.7 Å². The lowest BCUT2D eigenvalue weighted by molar-refractivity contribution is -0.143. The Bertz CT molecular complexity index is 3820. The maximum absolute atomic E-state index is 15.0. The molecule has 3 aromatic carbocycles. The van der Waals surface area contributed by atoms with Crippen molar-refractivity contribution in [3.63, 3.8) is 0 Å². The molecule has 0 saturated carbocycles. The summed E-state index contributed by atoms with van der Waals surface area (Å²) in [5.41, 5.74) is 4.65. The van der Waals surface area contributed by atoms with Crippen molar-refractivity contribution in [2.45, 2.75) is 78.6 Å². The number of allylic oxidation sites excluding steroid dienone is 9. The Morgan fingerprint density at radius 2 is 0.590 bits per heavy atom. The zero-order valence-electron chi connectivity index (χ0n) is 58.6.